The van der Waals surface area contributed by atoms with Crippen molar-refractivity contribution in [2.24, 2.45) is 0 Å². The molecular formula is C14H18N2O2. The summed E-state index contributed by atoms with van der Waals surface area (Å²) >= 11 is 0. The van der Waals surface area contributed by atoms with E-state index in [2.05, 4.69) is 10.3 Å². The quantitative estimate of drug-likeness (QED) is 0.795. The van der Waals surface area contributed by atoms with E-state index in [1.165, 1.54) is 0 Å². The largest absolute Gasteiger partial charge is 0.385 e. The van der Waals surface area contributed by atoms with E-state index in [0.29, 0.717) is 13.2 Å². The van der Waals surface area contributed by atoms with Crippen LogP contribution in [0.4, 0.5) is 0 Å². The predicted molar refractivity (Wildman–Crippen MR) is 71.9 cm³/mol. The molecule has 0 saturated carbocycles. The van der Waals surface area contributed by atoms with E-state index in [4.69, 9.17) is 4.74 Å². The number of rotatable bonds is 5. The zero-order valence-corrected chi connectivity index (χ0v) is 10.7. The SMILES string of the molecule is COCCCNC(=O)c1c(C)[nH]c2ccccc12. The van der Waals surface area contributed by atoms with Crippen molar-refractivity contribution in [1.82, 2.24) is 10.3 Å². The number of ether oxygens (including phenoxy) is 1. The molecule has 0 unspecified atom stereocenters. The molecule has 1 heterocycles. The van der Waals surface area contributed by atoms with Crippen LogP contribution >= 0.6 is 0 Å². The lowest BCUT2D eigenvalue weighted by Crippen LogP contribution is -2.25. The summed E-state index contributed by atoms with van der Waals surface area (Å²) in [5.41, 5.74) is 2.64. The number of H-pyrrole nitrogens is 1. The molecule has 2 aromatic rings. The van der Waals surface area contributed by atoms with Gasteiger partial charge < -0.3 is 15.0 Å². The molecule has 0 radical (unpaired) electrons. The first-order valence-electron chi connectivity index (χ1n) is 6.08. The molecule has 0 fully saturated rings. The lowest BCUT2D eigenvalue weighted by Gasteiger charge is -2.05. The van der Waals surface area contributed by atoms with Gasteiger partial charge >= 0.3 is 0 Å². The molecule has 0 atom stereocenters. The number of aromatic amines is 1. The molecule has 4 nitrogen and oxygen atoms in total. The van der Waals surface area contributed by atoms with Crippen LogP contribution in [0.5, 0.6) is 0 Å². The third kappa shape index (κ3) is 2.54. The molecule has 0 aliphatic rings. The highest BCUT2D eigenvalue weighted by Gasteiger charge is 2.14. The van der Waals surface area contributed by atoms with Gasteiger partial charge in [0.25, 0.3) is 5.91 Å². The number of para-hydroxylation sites is 1. The Hall–Kier alpha value is -1.81. The van der Waals surface area contributed by atoms with Crippen LogP contribution in [0.25, 0.3) is 10.9 Å². The van der Waals surface area contributed by atoms with Crippen LogP contribution in [0.3, 0.4) is 0 Å². The van der Waals surface area contributed by atoms with Crippen molar-refractivity contribution in [3.8, 4) is 0 Å². The van der Waals surface area contributed by atoms with E-state index in [-0.39, 0.29) is 5.91 Å². The first-order valence-corrected chi connectivity index (χ1v) is 6.08. The molecule has 2 N–H and O–H groups in total. The number of fused-ring (bicyclic) bond motifs is 1. The summed E-state index contributed by atoms with van der Waals surface area (Å²) in [5, 5.41) is 3.89. The Balaban J connectivity index is 2.14. The fraction of sp³-hybridized carbons (Fsp3) is 0.357. The van der Waals surface area contributed by atoms with Gasteiger partial charge in [-0.1, -0.05) is 18.2 Å². The van der Waals surface area contributed by atoms with Gasteiger partial charge in [-0.3, -0.25) is 4.79 Å². The number of nitrogens with one attached hydrogen (secondary N) is 2. The van der Waals surface area contributed by atoms with E-state index < -0.39 is 0 Å². The number of carbonyl (C=O) groups is 1. The zero-order valence-electron chi connectivity index (χ0n) is 10.7. The van der Waals surface area contributed by atoms with Crippen molar-refractivity contribution in [3.05, 3.63) is 35.5 Å². The molecule has 0 bridgehead atoms. The van der Waals surface area contributed by atoms with Crippen molar-refractivity contribution in [1.29, 1.82) is 0 Å². The number of amides is 1. The Labute approximate surface area is 106 Å². The Morgan fingerprint density at radius 1 is 1.39 bits per heavy atom. The second kappa shape index (κ2) is 5.69. The maximum absolute atomic E-state index is 12.1. The fourth-order valence-electron chi connectivity index (χ4n) is 2.08. The lowest BCUT2D eigenvalue weighted by molar-refractivity contribution is 0.0949. The van der Waals surface area contributed by atoms with Crippen molar-refractivity contribution >= 4 is 16.8 Å². The summed E-state index contributed by atoms with van der Waals surface area (Å²) in [7, 11) is 1.66. The van der Waals surface area contributed by atoms with Crippen molar-refractivity contribution < 1.29 is 9.53 Å². The van der Waals surface area contributed by atoms with Crippen molar-refractivity contribution in [2.75, 3.05) is 20.3 Å². The average Bonchev–Trinajstić information content (AvgIpc) is 2.70. The number of methoxy groups -OCH3 is 1. The van der Waals surface area contributed by atoms with Gasteiger partial charge in [0.15, 0.2) is 0 Å². The molecule has 1 aromatic carbocycles. The minimum atomic E-state index is -0.0268. The van der Waals surface area contributed by atoms with E-state index in [1.54, 1.807) is 7.11 Å². The standard InChI is InChI=1S/C14H18N2O2/c1-10-13(14(17)15-8-5-9-18-2)11-6-3-4-7-12(11)16-10/h3-4,6-7,16H,5,8-9H2,1-2H3,(H,15,17). The molecule has 4 heteroatoms. The monoisotopic (exact) mass is 246 g/mol. The molecular weight excluding hydrogens is 228 g/mol. The Bertz CT molecular complexity index is 546. The van der Waals surface area contributed by atoms with Gasteiger partial charge in [0.05, 0.1) is 5.56 Å². The molecule has 0 saturated heterocycles. The number of aromatic nitrogens is 1. The molecule has 1 aromatic heterocycles. The molecule has 18 heavy (non-hydrogen) atoms. The lowest BCUT2D eigenvalue weighted by atomic mass is 10.1. The molecule has 0 aliphatic heterocycles. The highest BCUT2D eigenvalue weighted by molar-refractivity contribution is 6.08. The first-order chi connectivity index (χ1) is 8.74. The van der Waals surface area contributed by atoms with Crippen LogP contribution in [0.2, 0.25) is 0 Å². The van der Waals surface area contributed by atoms with Crippen molar-refractivity contribution in [2.45, 2.75) is 13.3 Å². The number of benzene rings is 1. The van der Waals surface area contributed by atoms with Crippen LogP contribution in [-0.2, 0) is 4.74 Å². The normalized spacial score (nSPS) is 10.8. The molecule has 0 aliphatic carbocycles. The summed E-state index contributed by atoms with van der Waals surface area (Å²) in [6.45, 7) is 3.21. The minimum absolute atomic E-state index is 0.0268. The fourth-order valence-corrected chi connectivity index (χ4v) is 2.08. The second-order valence-electron chi connectivity index (χ2n) is 4.27. The van der Waals surface area contributed by atoms with Crippen LogP contribution < -0.4 is 5.32 Å². The number of hydrogen-bond acceptors (Lipinski definition) is 2. The van der Waals surface area contributed by atoms with Gasteiger partial charge in [0.2, 0.25) is 0 Å². The summed E-state index contributed by atoms with van der Waals surface area (Å²) in [6.07, 6.45) is 0.823. The molecule has 96 valence electrons. The summed E-state index contributed by atoms with van der Waals surface area (Å²) in [5.74, 6) is -0.0268. The maximum Gasteiger partial charge on any atom is 0.253 e. The van der Waals surface area contributed by atoms with Gasteiger partial charge in [0, 0.05) is 36.9 Å². The van der Waals surface area contributed by atoms with Crippen LogP contribution in [-0.4, -0.2) is 31.2 Å². The van der Waals surface area contributed by atoms with E-state index in [9.17, 15) is 4.79 Å². The Morgan fingerprint density at radius 3 is 2.94 bits per heavy atom. The second-order valence-corrected chi connectivity index (χ2v) is 4.27. The van der Waals surface area contributed by atoms with Gasteiger partial charge in [-0.25, -0.2) is 0 Å². The zero-order chi connectivity index (χ0) is 13.0. The number of aryl methyl sites for hydroxylation is 1. The summed E-state index contributed by atoms with van der Waals surface area (Å²) in [4.78, 5) is 15.4. The van der Waals surface area contributed by atoms with Crippen LogP contribution in [0, 0.1) is 6.92 Å². The third-order valence-corrected chi connectivity index (χ3v) is 2.93. The van der Waals surface area contributed by atoms with Gasteiger partial charge in [-0.05, 0) is 19.4 Å². The number of carbonyl (C=O) groups excluding carboxylic acids is 1. The van der Waals surface area contributed by atoms with Gasteiger partial charge in [0.1, 0.15) is 0 Å². The van der Waals surface area contributed by atoms with Crippen molar-refractivity contribution in [3.63, 3.8) is 0 Å². The third-order valence-electron chi connectivity index (χ3n) is 2.93. The average molecular weight is 246 g/mol. The smallest absolute Gasteiger partial charge is 0.253 e. The highest BCUT2D eigenvalue weighted by atomic mass is 16.5. The summed E-state index contributed by atoms with van der Waals surface area (Å²) < 4.78 is 4.95. The maximum atomic E-state index is 12.1. The Morgan fingerprint density at radius 2 is 2.17 bits per heavy atom. The molecule has 2 rings (SSSR count). The number of hydrogen-bond donors (Lipinski definition) is 2. The predicted octanol–water partition coefficient (Wildman–Crippen LogP) is 2.24. The topological polar surface area (TPSA) is 54.1 Å². The van der Waals surface area contributed by atoms with E-state index >= 15 is 0 Å². The van der Waals surface area contributed by atoms with Crippen LogP contribution in [0.15, 0.2) is 24.3 Å². The molecule has 1 amide bonds. The molecule has 0 spiro atoms. The highest BCUT2D eigenvalue weighted by Crippen LogP contribution is 2.21. The van der Waals surface area contributed by atoms with Gasteiger partial charge in [-0.2, -0.15) is 0 Å². The first kappa shape index (κ1) is 12.6. The van der Waals surface area contributed by atoms with Crippen LogP contribution in [0.1, 0.15) is 22.5 Å². The van der Waals surface area contributed by atoms with Gasteiger partial charge in [-0.15, -0.1) is 0 Å². The summed E-state index contributed by atoms with van der Waals surface area (Å²) in [6, 6.07) is 7.84. The van der Waals surface area contributed by atoms with E-state index in [1.807, 2.05) is 31.2 Å². The van der Waals surface area contributed by atoms with E-state index in [0.717, 1.165) is 28.6 Å². The minimum Gasteiger partial charge on any atom is -0.385 e. The Kier molecular flexibility index (Phi) is 3.99.